The Morgan fingerprint density at radius 1 is 1.32 bits per heavy atom. The number of pyridine rings is 1. The lowest BCUT2D eigenvalue weighted by Crippen LogP contribution is -2.09. The number of hydrogen-bond acceptors (Lipinski definition) is 3. The Balaban J connectivity index is 2.19. The van der Waals surface area contributed by atoms with Crippen molar-refractivity contribution in [1.29, 1.82) is 0 Å². The Morgan fingerprint density at radius 2 is 2.16 bits per heavy atom. The van der Waals surface area contributed by atoms with E-state index in [0.717, 1.165) is 41.7 Å². The van der Waals surface area contributed by atoms with Crippen LogP contribution in [0.25, 0.3) is 10.8 Å². The second-order valence-electron chi connectivity index (χ2n) is 4.44. The average molecular weight is 279 g/mol. The topological polar surface area (TPSA) is 34.2 Å². The third kappa shape index (κ3) is 3.29. The fourth-order valence-corrected chi connectivity index (χ4v) is 2.16. The summed E-state index contributed by atoms with van der Waals surface area (Å²) < 4.78 is 5.37. The van der Waals surface area contributed by atoms with Crippen molar-refractivity contribution in [1.82, 2.24) is 4.98 Å². The molecule has 4 heteroatoms. The van der Waals surface area contributed by atoms with Gasteiger partial charge in [0.15, 0.2) is 0 Å². The molecule has 0 bridgehead atoms. The second-order valence-corrected chi connectivity index (χ2v) is 5.05. The molecular formula is C15H19ClN2O. The molecule has 1 aromatic heterocycles. The van der Waals surface area contributed by atoms with Crippen LogP contribution in [0.4, 0.5) is 5.82 Å². The Kier molecular flexibility index (Phi) is 4.86. The number of methoxy groups -OCH3 is 1. The van der Waals surface area contributed by atoms with Crippen LogP contribution in [0.5, 0.6) is 5.75 Å². The standard InChI is InChI=1S/C15H19ClN2O/c1-3-11(16)7-9-17-15-13-5-4-6-14(19-2)12(13)8-10-18-15/h4-6,8,10-11H,3,7,9H2,1-2H3,(H,17,18). The van der Waals surface area contributed by atoms with E-state index in [0.29, 0.717) is 0 Å². The molecule has 1 N–H and O–H groups in total. The van der Waals surface area contributed by atoms with Gasteiger partial charge < -0.3 is 10.1 Å². The van der Waals surface area contributed by atoms with Crippen molar-refractivity contribution in [2.24, 2.45) is 0 Å². The summed E-state index contributed by atoms with van der Waals surface area (Å²) in [5.74, 6) is 1.75. The first-order valence-electron chi connectivity index (χ1n) is 6.56. The maximum Gasteiger partial charge on any atom is 0.133 e. The summed E-state index contributed by atoms with van der Waals surface area (Å²) in [4.78, 5) is 4.40. The van der Waals surface area contributed by atoms with Crippen molar-refractivity contribution in [3.05, 3.63) is 30.5 Å². The molecule has 0 saturated carbocycles. The third-order valence-corrected chi connectivity index (χ3v) is 3.71. The van der Waals surface area contributed by atoms with Gasteiger partial charge in [0, 0.05) is 28.9 Å². The number of nitrogens with one attached hydrogen (secondary N) is 1. The molecule has 0 saturated heterocycles. The van der Waals surface area contributed by atoms with Crippen LogP contribution in [0.1, 0.15) is 19.8 Å². The van der Waals surface area contributed by atoms with E-state index in [1.165, 1.54) is 0 Å². The lowest BCUT2D eigenvalue weighted by atomic mass is 10.1. The normalized spacial score (nSPS) is 12.4. The maximum atomic E-state index is 6.12. The van der Waals surface area contributed by atoms with Gasteiger partial charge in [0.1, 0.15) is 11.6 Å². The molecule has 0 amide bonds. The van der Waals surface area contributed by atoms with Crippen LogP contribution >= 0.6 is 11.6 Å². The molecule has 2 aromatic rings. The number of nitrogens with zero attached hydrogens (tertiary/aromatic N) is 1. The lowest BCUT2D eigenvalue weighted by molar-refractivity contribution is 0.420. The van der Waals surface area contributed by atoms with Gasteiger partial charge in [0.25, 0.3) is 0 Å². The SMILES string of the molecule is CCC(Cl)CCNc1nccc2c(OC)cccc12. The first-order valence-corrected chi connectivity index (χ1v) is 6.99. The number of ether oxygens (including phenoxy) is 1. The van der Waals surface area contributed by atoms with Gasteiger partial charge in [-0.2, -0.15) is 0 Å². The Morgan fingerprint density at radius 3 is 2.89 bits per heavy atom. The molecule has 0 aliphatic heterocycles. The number of halogens is 1. The highest BCUT2D eigenvalue weighted by Crippen LogP contribution is 2.28. The van der Waals surface area contributed by atoms with E-state index >= 15 is 0 Å². The van der Waals surface area contributed by atoms with Crippen LogP contribution in [-0.4, -0.2) is 24.0 Å². The minimum atomic E-state index is 0.219. The predicted octanol–water partition coefficient (Wildman–Crippen LogP) is 4.06. The summed E-state index contributed by atoms with van der Waals surface area (Å²) in [5.41, 5.74) is 0. The summed E-state index contributed by atoms with van der Waals surface area (Å²) >= 11 is 6.12. The first kappa shape index (κ1) is 13.9. The molecule has 0 spiro atoms. The third-order valence-electron chi connectivity index (χ3n) is 3.18. The van der Waals surface area contributed by atoms with Crippen molar-refractivity contribution < 1.29 is 4.74 Å². The van der Waals surface area contributed by atoms with Crippen LogP contribution in [-0.2, 0) is 0 Å². The minimum absolute atomic E-state index is 0.219. The van der Waals surface area contributed by atoms with Crippen molar-refractivity contribution in [3.63, 3.8) is 0 Å². The van der Waals surface area contributed by atoms with Gasteiger partial charge in [0.2, 0.25) is 0 Å². The number of rotatable bonds is 6. The highest BCUT2D eigenvalue weighted by Gasteiger charge is 2.07. The van der Waals surface area contributed by atoms with E-state index in [-0.39, 0.29) is 5.38 Å². The molecule has 1 heterocycles. The number of aromatic nitrogens is 1. The lowest BCUT2D eigenvalue weighted by Gasteiger charge is -2.12. The van der Waals surface area contributed by atoms with E-state index in [9.17, 15) is 0 Å². The van der Waals surface area contributed by atoms with Gasteiger partial charge in [0.05, 0.1) is 7.11 Å². The largest absolute Gasteiger partial charge is 0.496 e. The zero-order valence-electron chi connectivity index (χ0n) is 11.3. The van der Waals surface area contributed by atoms with E-state index in [2.05, 4.69) is 17.2 Å². The quantitative estimate of drug-likeness (QED) is 0.809. The van der Waals surface area contributed by atoms with E-state index in [1.807, 2.05) is 24.3 Å². The molecule has 102 valence electrons. The van der Waals surface area contributed by atoms with E-state index in [1.54, 1.807) is 13.3 Å². The van der Waals surface area contributed by atoms with Gasteiger partial charge in [-0.1, -0.05) is 19.1 Å². The molecule has 1 atom stereocenters. The number of fused-ring (bicyclic) bond motifs is 1. The zero-order chi connectivity index (χ0) is 13.7. The smallest absolute Gasteiger partial charge is 0.133 e. The highest BCUT2D eigenvalue weighted by atomic mass is 35.5. The predicted molar refractivity (Wildman–Crippen MR) is 81.3 cm³/mol. The molecule has 19 heavy (non-hydrogen) atoms. The summed E-state index contributed by atoms with van der Waals surface area (Å²) in [5, 5.41) is 5.72. The first-order chi connectivity index (χ1) is 9.26. The molecule has 0 radical (unpaired) electrons. The Hall–Kier alpha value is -1.48. The molecule has 2 rings (SSSR count). The number of benzene rings is 1. The number of alkyl halides is 1. The fourth-order valence-electron chi connectivity index (χ4n) is 2.05. The van der Waals surface area contributed by atoms with Crippen LogP contribution in [0, 0.1) is 0 Å². The minimum Gasteiger partial charge on any atom is -0.496 e. The van der Waals surface area contributed by atoms with Gasteiger partial charge in [-0.05, 0) is 25.0 Å². The zero-order valence-corrected chi connectivity index (χ0v) is 12.1. The van der Waals surface area contributed by atoms with Crippen LogP contribution < -0.4 is 10.1 Å². The highest BCUT2D eigenvalue weighted by molar-refractivity contribution is 6.20. The van der Waals surface area contributed by atoms with Crippen molar-refractivity contribution in [2.45, 2.75) is 25.1 Å². The van der Waals surface area contributed by atoms with Gasteiger partial charge in [-0.25, -0.2) is 4.98 Å². The number of hydrogen-bond donors (Lipinski definition) is 1. The van der Waals surface area contributed by atoms with Crippen molar-refractivity contribution in [3.8, 4) is 5.75 Å². The molecule has 0 fully saturated rings. The fraction of sp³-hybridized carbons (Fsp3) is 0.400. The van der Waals surface area contributed by atoms with Crippen LogP contribution in [0.15, 0.2) is 30.5 Å². The number of anilines is 1. The van der Waals surface area contributed by atoms with Gasteiger partial charge >= 0.3 is 0 Å². The summed E-state index contributed by atoms with van der Waals surface area (Å²) in [6, 6.07) is 7.95. The molecule has 0 aliphatic rings. The molecule has 0 aliphatic carbocycles. The Bertz CT molecular complexity index is 545. The Labute approximate surface area is 118 Å². The monoisotopic (exact) mass is 278 g/mol. The van der Waals surface area contributed by atoms with Crippen LogP contribution in [0.2, 0.25) is 0 Å². The maximum absolute atomic E-state index is 6.12. The van der Waals surface area contributed by atoms with Gasteiger partial charge in [-0.3, -0.25) is 0 Å². The van der Waals surface area contributed by atoms with Gasteiger partial charge in [-0.15, -0.1) is 11.6 Å². The van der Waals surface area contributed by atoms with Crippen molar-refractivity contribution in [2.75, 3.05) is 19.0 Å². The average Bonchev–Trinajstić information content (AvgIpc) is 2.46. The molecule has 3 nitrogen and oxygen atoms in total. The molecule has 1 unspecified atom stereocenters. The summed E-state index contributed by atoms with van der Waals surface area (Å²) in [6.07, 6.45) is 3.71. The van der Waals surface area contributed by atoms with E-state index < -0.39 is 0 Å². The molecular weight excluding hydrogens is 260 g/mol. The van der Waals surface area contributed by atoms with Crippen molar-refractivity contribution >= 4 is 28.2 Å². The summed E-state index contributed by atoms with van der Waals surface area (Å²) in [7, 11) is 1.68. The summed E-state index contributed by atoms with van der Waals surface area (Å²) in [6.45, 7) is 2.92. The van der Waals surface area contributed by atoms with E-state index in [4.69, 9.17) is 16.3 Å². The van der Waals surface area contributed by atoms with Crippen LogP contribution in [0.3, 0.4) is 0 Å². The second kappa shape index (κ2) is 6.62. The molecule has 1 aromatic carbocycles.